The first-order valence-electron chi connectivity index (χ1n) is 7.24. The number of rotatable bonds is 4. The zero-order valence-corrected chi connectivity index (χ0v) is 12.8. The van der Waals surface area contributed by atoms with E-state index in [1.807, 2.05) is 6.07 Å². The van der Waals surface area contributed by atoms with Gasteiger partial charge in [-0.25, -0.2) is 4.98 Å². The number of aromatic amines is 1. The van der Waals surface area contributed by atoms with Gasteiger partial charge < -0.3 is 9.73 Å². The number of H-pyrrole nitrogens is 1. The van der Waals surface area contributed by atoms with Gasteiger partial charge in [-0.05, 0) is 30.5 Å². The summed E-state index contributed by atoms with van der Waals surface area (Å²) in [4.78, 5) is 16.4. The van der Waals surface area contributed by atoms with Crippen LogP contribution in [0, 0.1) is 12.8 Å². The predicted molar refractivity (Wildman–Crippen MR) is 83.8 cm³/mol. The number of carbonyl (C=O) groups is 1. The Labute approximate surface area is 127 Å². The summed E-state index contributed by atoms with van der Waals surface area (Å²) in [5.74, 6) is 0.861. The molecule has 3 rings (SSSR count). The Bertz CT molecular complexity index is 817. The van der Waals surface area contributed by atoms with E-state index in [1.165, 1.54) is 0 Å². The van der Waals surface area contributed by atoms with Gasteiger partial charge in [-0.1, -0.05) is 13.8 Å². The molecular weight excluding hydrogens is 280 g/mol. The first-order valence-corrected chi connectivity index (χ1v) is 7.24. The molecule has 0 unspecified atom stereocenters. The molecule has 0 atom stereocenters. The summed E-state index contributed by atoms with van der Waals surface area (Å²) in [5.41, 5.74) is 3.42. The van der Waals surface area contributed by atoms with Crippen molar-refractivity contribution in [1.29, 1.82) is 0 Å². The van der Waals surface area contributed by atoms with E-state index in [1.54, 1.807) is 25.1 Å². The van der Waals surface area contributed by atoms with Crippen LogP contribution in [0.2, 0.25) is 0 Å². The lowest BCUT2D eigenvalue weighted by Gasteiger charge is -2.02. The van der Waals surface area contributed by atoms with Gasteiger partial charge in [0.25, 0.3) is 5.91 Å². The van der Waals surface area contributed by atoms with Crippen molar-refractivity contribution in [3.63, 3.8) is 0 Å². The number of hydrogen-bond donors (Lipinski definition) is 2. The standard InChI is InChI=1S/C16H18N4O2/c1-9(2)6-12-7-14(20-19-12)16(21)18-11-4-5-13-15(8-11)22-10(3)17-13/h4-5,7-9H,6H2,1-3H3,(H,18,21)(H,19,20). The largest absolute Gasteiger partial charge is 0.441 e. The van der Waals surface area contributed by atoms with Crippen LogP contribution in [0.15, 0.2) is 28.7 Å². The van der Waals surface area contributed by atoms with Gasteiger partial charge in [-0.2, -0.15) is 5.10 Å². The van der Waals surface area contributed by atoms with E-state index in [2.05, 4.69) is 34.3 Å². The Morgan fingerprint density at radius 3 is 2.95 bits per heavy atom. The maximum absolute atomic E-state index is 12.2. The van der Waals surface area contributed by atoms with E-state index in [0.717, 1.165) is 17.6 Å². The zero-order chi connectivity index (χ0) is 15.7. The summed E-state index contributed by atoms with van der Waals surface area (Å²) in [5, 5.41) is 9.77. The minimum atomic E-state index is -0.248. The monoisotopic (exact) mass is 298 g/mol. The average Bonchev–Trinajstić information content (AvgIpc) is 3.03. The predicted octanol–water partition coefficient (Wildman–Crippen LogP) is 3.31. The molecular formula is C16H18N4O2. The number of aromatic nitrogens is 3. The molecule has 22 heavy (non-hydrogen) atoms. The maximum Gasteiger partial charge on any atom is 0.276 e. The lowest BCUT2D eigenvalue weighted by molar-refractivity contribution is 0.102. The number of aryl methyl sites for hydroxylation is 1. The highest BCUT2D eigenvalue weighted by molar-refractivity contribution is 6.03. The van der Waals surface area contributed by atoms with Crippen molar-refractivity contribution in [2.75, 3.05) is 5.32 Å². The molecule has 3 aromatic rings. The molecule has 6 nitrogen and oxygen atoms in total. The maximum atomic E-state index is 12.2. The molecule has 0 saturated carbocycles. The van der Waals surface area contributed by atoms with Crippen LogP contribution in [0.4, 0.5) is 5.69 Å². The van der Waals surface area contributed by atoms with Gasteiger partial charge in [0, 0.05) is 24.4 Å². The van der Waals surface area contributed by atoms with Crippen molar-refractivity contribution in [1.82, 2.24) is 15.2 Å². The summed E-state index contributed by atoms with van der Waals surface area (Å²) in [6.45, 7) is 6.03. The van der Waals surface area contributed by atoms with Crippen LogP contribution in [0.3, 0.4) is 0 Å². The Hall–Kier alpha value is -2.63. The minimum absolute atomic E-state index is 0.248. The second-order valence-corrected chi connectivity index (χ2v) is 5.75. The van der Waals surface area contributed by atoms with Gasteiger partial charge in [-0.15, -0.1) is 0 Å². The van der Waals surface area contributed by atoms with Crippen molar-refractivity contribution >= 4 is 22.7 Å². The lowest BCUT2D eigenvalue weighted by atomic mass is 10.1. The fraction of sp³-hybridized carbons (Fsp3) is 0.312. The summed E-state index contributed by atoms with van der Waals surface area (Å²) in [6.07, 6.45) is 0.865. The van der Waals surface area contributed by atoms with Crippen molar-refractivity contribution in [2.24, 2.45) is 5.92 Å². The van der Waals surface area contributed by atoms with Crippen LogP contribution < -0.4 is 5.32 Å². The summed E-state index contributed by atoms with van der Waals surface area (Å²) >= 11 is 0. The molecule has 1 amide bonds. The Morgan fingerprint density at radius 1 is 1.36 bits per heavy atom. The molecule has 0 aliphatic heterocycles. The van der Waals surface area contributed by atoms with Gasteiger partial charge in [0.05, 0.1) is 0 Å². The first kappa shape index (κ1) is 14.3. The van der Waals surface area contributed by atoms with Gasteiger partial charge in [-0.3, -0.25) is 9.89 Å². The highest BCUT2D eigenvalue weighted by Crippen LogP contribution is 2.20. The second kappa shape index (κ2) is 5.63. The molecule has 1 aromatic carbocycles. The third kappa shape index (κ3) is 3.00. The highest BCUT2D eigenvalue weighted by Gasteiger charge is 2.12. The van der Waals surface area contributed by atoms with E-state index >= 15 is 0 Å². The van der Waals surface area contributed by atoms with Crippen LogP contribution in [-0.2, 0) is 6.42 Å². The Morgan fingerprint density at radius 2 is 2.18 bits per heavy atom. The molecule has 0 saturated heterocycles. The molecule has 114 valence electrons. The quantitative estimate of drug-likeness (QED) is 0.774. The number of fused-ring (bicyclic) bond motifs is 1. The van der Waals surface area contributed by atoms with Gasteiger partial charge >= 0.3 is 0 Å². The fourth-order valence-electron chi connectivity index (χ4n) is 2.34. The molecule has 2 aromatic heterocycles. The van der Waals surface area contributed by atoms with E-state index in [9.17, 15) is 4.79 Å². The third-order valence-electron chi connectivity index (χ3n) is 3.24. The molecule has 0 radical (unpaired) electrons. The van der Waals surface area contributed by atoms with E-state index < -0.39 is 0 Å². The number of carbonyl (C=O) groups excluding carboxylic acids is 1. The average molecular weight is 298 g/mol. The lowest BCUT2D eigenvalue weighted by Crippen LogP contribution is -2.12. The third-order valence-corrected chi connectivity index (χ3v) is 3.24. The van der Waals surface area contributed by atoms with Crippen molar-refractivity contribution < 1.29 is 9.21 Å². The normalized spacial score (nSPS) is 11.3. The molecule has 0 spiro atoms. The van der Waals surface area contributed by atoms with E-state index in [0.29, 0.717) is 28.8 Å². The van der Waals surface area contributed by atoms with E-state index in [4.69, 9.17) is 4.42 Å². The number of benzene rings is 1. The molecule has 0 aliphatic rings. The molecule has 6 heteroatoms. The van der Waals surface area contributed by atoms with Crippen molar-refractivity contribution in [3.05, 3.63) is 41.5 Å². The number of oxazole rings is 1. The number of anilines is 1. The van der Waals surface area contributed by atoms with Crippen LogP contribution in [-0.4, -0.2) is 21.1 Å². The number of nitrogens with one attached hydrogen (secondary N) is 2. The topological polar surface area (TPSA) is 83.8 Å². The summed E-state index contributed by atoms with van der Waals surface area (Å²) in [6, 6.07) is 7.15. The van der Waals surface area contributed by atoms with Crippen LogP contribution in [0.5, 0.6) is 0 Å². The first-order chi connectivity index (χ1) is 10.5. The number of nitrogens with zero attached hydrogens (tertiary/aromatic N) is 2. The Balaban J connectivity index is 1.75. The second-order valence-electron chi connectivity index (χ2n) is 5.75. The smallest absolute Gasteiger partial charge is 0.276 e. The number of amides is 1. The molecule has 2 N–H and O–H groups in total. The molecule has 0 aliphatic carbocycles. The zero-order valence-electron chi connectivity index (χ0n) is 12.8. The van der Waals surface area contributed by atoms with Gasteiger partial charge in [0.15, 0.2) is 17.2 Å². The molecule has 2 heterocycles. The van der Waals surface area contributed by atoms with Crippen LogP contribution in [0.1, 0.15) is 35.9 Å². The van der Waals surface area contributed by atoms with Gasteiger partial charge in [0.1, 0.15) is 5.52 Å². The SMILES string of the molecule is Cc1nc2ccc(NC(=O)c3cc(CC(C)C)[nH]n3)cc2o1. The van der Waals surface area contributed by atoms with Crippen molar-refractivity contribution in [3.8, 4) is 0 Å². The van der Waals surface area contributed by atoms with Gasteiger partial charge in [0.2, 0.25) is 0 Å². The number of hydrogen-bond acceptors (Lipinski definition) is 4. The minimum Gasteiger partial charge on any atom is -0.441 e. The summed E-state index contributed by atoms with van der Waals surface area (Å²) in [7, 11) is 0. The molecule has 0 bridgehead atoms. The summed E-state index contributed by atoms with van der Waals surface area (Å²) < 4.78 is 5.46. The van der Waals surface area contributed by atoms with Crippen LogP contribution in [0.25, 0.3) is 11.1 Å². The van der Waals surface area contributed by atoms with E-state index in [-0.39, 0.29) is 5.91 Å². The van der Waals surface area contributed by atoms with Crippen LogP contribution >= 0.6 is 0 Å². The molecule has 0 fully saturated rings. The fourth-order valence-corrected chi connectivity index (χ4v) is 2.34. The Kier molecular flexibility index (Phi) is 3.66. The highest BCUT2D eigenvalue weighted by atomic mass is 16.3. The van der Waals surface area contributed by atoms with Crippen molar-refractivity contribution in [2.45, 2.75) is 27.2 Å².